The van der Waals surface area contributed by atoms with Gasteiger partial charge in [0.25, 0.3) is 5.91 Å². The summed E-state index contributed by atoms with van der Waals surface area (Å²) < 4.78 is 7.15. The van der Waals surface area contributed by atoms with E-state index in [9.17, 15) is 4.79 Å². The van der Waals surface area contributed by atoms with Gasteiger partial charge in [0.05, 0.1) is 6.21 Å². The molecule has 148 valence electrons. The van der Waals surface area contributed by atoms with E-state index < -0.39 is 0 Å². The number of fused-ring (bicyclic) bond motifs is 1. The Bertz CT molecular complexity index is 1190. The minimum atomic E-state index is -0.255. The molecule has 4 nitrogen and oxygen atoms in total. The van der Waals surface area contributed by atoms with Crippen LogP contribution in [0.4, 0.5) is 0 Å². The zero-order valence-electron chi connectivity index (χ0n) is 16.1. The van der Waals surface area contributed by atoms with E-state index in [1.165, 1.54) is 0 Å². The summed E-state index contributed by atoms with van der Waals surface area (Å²) >= 11 is 2.20. The van der Waals surface area contributed by atoms with Crippen LogP contribution in [0.25, 0.3) is 10.8 Å². The van der Waals surface area contributed by atoms with E-state index in [0.717, 1.165) is 25.5 Å². The third kappa shape index (κ3) is 4.86. The zero-order chi connectivity index (χ0) is 20.8. The molecular weight excluding hydrogens is 487 g/mol. The molecule has 0 saturated carbocycles. The van der Waals surface area contributed by atoms with Crippen LogP contribution in [0.15, 0.2) is 96.1 Å². The first-order valence-electron chi connectivity index (χ1n) is 9.48. The molecule has 0 bridgehead atoms. The first-order chi connectivity index (χ1) is 14.7. The molecule has 0 atom stereocenters. The number of hydrogen-bond acceptors (Lipinski definition) is 3. The molecule has 0 unspecified atom stereocenters. The second kappa shape index (κ2) is 9.54. The number of carbonyl (C=O) groups excluding carboxylic acids is 1. The van der Waals surface area contributed by atoms with Crippen molar-refractivity contribution in [3.63, 3.8) is 0 Å². The molecule has 0 heterocycles. The van der Waals surface area contributed by atoms with Gasteiger partial charge in [-0.05, 0) is 69.3 Å². The van der Waals surface area contributed by atoms with Crippen molar-refractivity contribution < 1.29 is 9.53 Å². The molecule has 4 rings (SSSR count). The topological polar surface area (TPSA) is 50.7 Å². The Morgan fingerprint density at radius 1 is 0.900 bits per heavy atom. The van der Waals surface area contributed by atoms with Crippen LogP contribution in [0, 0.1) is 3.57 Å². The van der Waals surface area contributed by atoms with Crippen LogP contribution in [0.3, 0.4) is 0 Å². The molecule has 0 aliphatic heterocycles. The first-order valence-corrected chi connectivity index (χ1v) is 10.6. The predicted molar refractivity (Wildman–Crippen MR) is 129 cm³/mol. The Morgan fingerprint density at radius 3 is 2.43 bits per heavy atom. The van der Waals surface area contributed by atoms with E-state index in [1.54, 1.807) is 18.3 Å². The maximum absolute atomic E-state index is 12.3. The van der Waals surface area contributed by atoms with Crippen molar-refractivity contribution >= 4 is 45.5 Å². The predicted octanol–water partition coefficient (Wildman–Crippen LogP) is 5.79. The molecule has 0 fully saturated rings. The largest absolute Gasteiger partial charge is 0.488 e. The molecule has 0 spiro atoms. The van der Waals surface area contributed by atoms with Crippen molar-refractivity contribution in [1.29, 1.82) is 0 Å². The fourth-order valence-electron chi connectivity index (χ4n) is 3.09. The first kappa shape index (κ1) is 20.1. The van der Waals surface area contributed by atoms with Crippen molar-refractivity contribution in [2.75, 3.05) is 0 Å². The third-order valence-corrected chi connectivity index (χ3v) is 5.35. The van der Waals surface area contributed by atoms with Crippen LogP contribution in [0.2, 0.25) is 0 Å². The van der Waals surface area contributed by atoms with Gasteiger partial charge in [0, 0.05) is 14.7 Å². The summed E-state index contributed by atoms with van der Waals surface area (Å²) in [5, 5.41) is 6.29. The summed E-state index contributed by atoms with van der Waals surface area (Å²) in [6.07, 6.45) is 1.65. The molecule has 4 aromatic carbocycles. The van der Waals surface area contributed by atoms with Gasteiger partial charge in [0.1, 0.15) is 12.4 Å². The fraction of sp³-hybridized carbons (Fsp3) is 0.0400. The lowest BCUT2D eigenvalue weighted by Gasteiger charge is -2.12. The number of ether oxygens (including phenoxy) is 1. The molecule has 4 aromatic rings. The zero-order valence-corrected chi connectivity index (χ0v) is 18.2. The molecule has 1 N–H and O–H groups in total. The van der Waals surface area contributed by atoms with Crippen molar-refractivity contribution in [3.05, 3.63) is 111 Å². The summed E-state index contributed by atoms with van der Waals surface area (Å²) in [5.74, 6) is 0.458. The molecule has 0 aromatic heterocycles. The van der Waals surface area contributed by atoms with Crippen LogP contribution in [-0.4, -0.2) is 12.1 Å². The average Bonchev–Trinajstić information content (AvgIpc) is 2.79. The molecular formula is C25H19IN2O2. The van der Waals surface area contributed by atoms with Gasteiger partial charge in [-0.2, -0.15) is 5.10 Å². The Balaban J connectivity index is 1.58. The molecule has 5 heteroatoms. The maximum Gasteiger partial charge on any atom is 0.271 e. The van der Waals surface area contributed by atoms with Gasteiger partial charge in [-0.3, -0.25) is 4.79 Å². The second-order valence-electron chi connectivity index (χ2n) is 6.68. The van der Waals surface area contributed by atoms with E-state index in [-0.39, 0.29) is 5.91 Å². The average molecular weight is 506 g/mol. The highest BCUT2D eigenvalue weighted by atomic mass is 127. The number of rotatable bonds is 6. The van der Waals surface area contributed by atoms with Gasteiger partial charge >= 0.3 is 0 Å². The van der Waals surface area contributed by atoms with Gasteiger partial charge in [0.15, 0.2) is 0 Å². The lowest BCUT2D eigenvalue weighted by atomic mass is 10.0. The number of halogens is 1. The SMILES string of the molecule is O=C(N/N=C\c1c(OCc2ccccc2)ccc2ccccc12)c1ccc(I)cc1. The van der Waals surface area contributed by atoms with Gasteiger partial charge in [-0.25, -0.2) is 5.43 Å². The number of amides is 1. The lowest BCUT2D eigenvalue weighted by Crippen LogP contribution is -2.17. The number of nitrogens with zero attached hydrogens (tertiary/aromatic N) is 1. The van der Waals surface area contributed by atoms with Crippen molar-refractivity contribution in [2.24, 2.45) is 5.10 Å². The molecule has 1 amide bonds. The van der Waals surface area contributed by atoms with Gasteiger partial charge in [-0.1, -0.05) is 60.7 Å². The smallest absolute Gasteiger partial charge is 0.271 e. The minimum Gasteiger partial charge on any atom is -0.488 e. The van der Waals surface area contributed by atoms with E-state index in [4.69, 9.17) is 4.74 Å². The fourth-order valence-corrected chi connectivity index (χ4v) is 3.45. The van der Waals surface area contributed by atoms with Gasteiger partial charge in [-0.15, -0.1) is 0 Å². The molecule has 0 aliphatic carbocycles. The van der Waals surface area contributed by atoms with Crippen molar-refractivity contribution in [3.8, 4) is 5.75 Å². The van der Waals surface area contributed by atoms with E-state index in [2.05, 4.69) is 33.1 Å². The number of benzene rings is 4. The van der Waals surface area contributed by atoms with E-state index >= 15 is 0 Å². The van der Waals surface area contributed by atoms with Crippen LogP contribution >= 0.6 is 22.6 Å². The summed E-state index contributed by atoms with van der Waals surface area (Å²) in [7, 11) is 0. The van der Waals surface area contributed by atoms with Gasteiger partial charge in [0.2, 0.25) is 0 Å². The summed E-state index contributed by atoms with van der Waals surface area (Å²) in [5.41, 5.74) is 5.08. The van der Waals surface area contributed by atoms with E-state index in [0.29, 0.717) is 17.9 Å². The van der Waals surface area contributed by atoms with Crippen molar-refractivity contribution in [1.82, 2.24) is 5.43 Å². The normalized spacial score (nSPS) is 11.0. The Morgan fingerprint density at radius 2 is 1.63 bits per heavy atom. The van der Waals surface area contributed by atoms with Gasteiger partial charge < -0.3 is 4.74 Å². The minimum absolute atomic E-state index is 0.255. The summed E-state index contributed by atoms with van der Waals surface area (Å²) in [4.78, 5) is 12.3. The van der Waals surface area contributed by atoms with Crippen LogP contribution < -0.4 is 10.2 Å². The number of hydrazone groups is 1. The summed E-state index contributed by atoms with van der Waals surface area (Å²) in [6.45, 7) is 0.453. The summed E-state index contributed by atoms with van der Waals surface area (Å²) in [6, 6.07) is 29.3. The second-order valence-corrected chi connectivity index (χ2v) is 7.92. The van der Waals surface area contributed by atoms with Crippen molar-refractivity contribution in [2.45, 2.75) is 6.61 Å². The van der Waals surface area contributed by atoms with Crippen LogP contribution in [0.5, 0.6) is 5.75 Å². The number of nitrogens with one attached hydrogen (secondary N) is 1. The highest BCUT2D eigenvalue weighted by molar-refractivity contribution is 14.1. The monoisotopic (exact) mass is 506 g/mol. The Hall–Kier alpha value is -3.19. The Kier molecular flexibility index (Phi) is 6.39. The molecule has 0 aliphatic rings. The third-order valence-electron chi connectivity index (χ3n) is 4.63. The highest BCUT2D eigenvalue weighted by Gasteiger charge is 2.09. The molecule has 0 radical (unpaired) electrons. The Labute approximate surface area is 188 Å². The lowest BCUT2D eigenvalue weighted by molar-refractivity contribution is 0.0955. The van der Waals surface area contributed by atoms with Crippen LogP contribution in [-0.2, 0) is 6.61 Å². The number of hydrogen-bond donors (Lipinski definition) is 1. The van der Waals surface area contributed by atoms with Crippen LogP contribution in [0.1, 0.15) is 21.5 Å². The standard InChI is InChI=1S/C25H19IN2O2/c26-21-13-10-20(11-14-21)25(29)28-27-16-23-22-9-5-4-8-19(22)12-15-24(23)30-17-18-6-2-1-3-7-18/h1-16H,17H2,(H,28,29)/b27-16-. The highest BCUT2D eigenvalue weighted by Crippen LogP contribution is 2.27. The number of carbonyl (C=O) groups is 1. The molecule has 0 saturated heterocycles. The maximum atomic E-state index is 12.3. The molecule has 30 heavy (non-hydrogen) atoms. The van der Waals surface area contributed by atoms with E-state index in [1.807, 2.05) is 78.9 Å². The quantitative estimate of drug-likeness (QED) is 0.205.